The van der Waals surface area contributed by atoms with Crippen LogP contribution in [-0.2, 0) is 0 Å². The van der Waals surface area contributed by atoms with Gasteiger partial charge in [0.1, 0.15) is 6.61 Å². The molecule has 0 aliphatic carbocycles. The Labute approximate surface area is 95.8 Å². The molecule has 1 unspecified atom stereocenters. The summed E-state index contributed by atoms with van der Waals surface area (Å²) < 4.78 is 2.05. The Hall–Kier alpha value is -1.67. The minimum Gasteiger partial charge on any atom is -0.389 e. The standard InChI is InChI=1S/C14H16NO/c1-12-6-5-9-15(10-12)14(11-16)13-7-3-2-4-8-13/h2-10,14,16H,11H2,1H3/q+1. The zero-order valence-electron chi connectivity index (χ0n) is 9.38. The largest absolute Gasteiger partial charge is 0.389 e. The monoisotopic (exact) mass is 214 g/mol. The SMILES string of the molecule is Cc1ccc[n+](C(CO)c2ccccc2)c1. The van der Waals surface area contributed by atoms with Gasteiger partial charge in [-0.05, 0) is 13.0 Å². The van der Waals surface area contributed by atoms with Gasteiger partial charge in [0.2, 0.25) is 6.04 Å². The predicted molar refractivity (Wildman–Crippen MR) is 63.0 cm³/mol. The highest BCUT2D eigenvalue weighted by Crippen LogP contribution is 2.11. The molecule has 1 aromatic carbocycles. The minimum absolute atomic E-state index is 0.00102. The zero-order valence-corrected chi connectivity index (χ0v) is 9.38. The molecule has 1 atom stereocenters. The first kappa shape index (κ1) is 10.8. The molecule has 2 nitrogen and oxygen atoms in total. The van der Waals surface area contributed by atoms with Gasteiger partial charge in [-0.15, -0.1) is 0 Å². The maximum Gasteiger partial charge on any atom is 0.206 e. The number of rotatable bonds is 3. The van der Waals surface area contributed by atoms with E-state index in [1.165, 1.54) is 5.56 Å². The normalized spacial score (nSPS) is 12.4. The van der Waals surface area contributed by atoms with E-state index >= 15 is 0 Å². The molecule has 0 bridgehead atoms. The van der Waals surface area contributed by atoms with Crippen LogP contribution < -0.4 is 4.57 Å². The van der Waals surface area contributed by atoms with Crippen molar-refractivity contribution in [3.05, 3.63) is 66.0 Å². The van der Waals surface area contributed by atoms with Crippen LogP contribution in [-0.4, -0.2) is 11.7 Å². The van der Waals surface area contributed by atoms with Gasteiger partial charge in [0, 0.05) is 17.2 Å². The topological polar surface area (TPSA) is 24.1 Å². The van der Waals surface area contributed by atoms with Crippen LogP contribution in [0.1, 0.15) is 17.2 Å². The Kier molecular flexibility index (Phi) is 3.32. The van der Waals surface area contributed by atoms with E-state index in [2.05, 4.69) is 13.0 Å². The van der Waals surface area contributed by atoms with Crippen molar-refractivity contribution in [3.63, 3.8) is 0 Å². The molecule has 2 aromatic rings. The van der Waals surface area contributed by atoms with Crippen LogP contribution >= 0.6 is 0 Å². The van der Waals surface area contributed by atoms with Crippen molar-refractivity contribution in [2.24, 2.45) is 0 Å². The first-order valence-electron chi connectivity index (χ1n) is 5.44. The Balaban J connectivity index is 2.37. The molecule has 2 rings (SSSR count). The van der Waals surface area contributed by atoms with Crippen molar-refractivity contribution in [1.29, 1.82) is 0 Å². The molecule has 0 spiro atoms. The average Bonchev–Trinajstić information content (AvgIpc) is 2.31. The number of aryl methyl sites for hydroxylation is 1. The van der Waals surface area contributed by atoms with E-state index < -0.39 is 0 Å². The summed E-state index contributed by atoms with van der Waals surface area (Å²) in [5.74, 6) is 0. The van der Waals surface area contributed by atoms with E-state index in [0.717, 1.165) is 5.56 Å². The summed E-state index contributed by atoms with van der Waals surface area (Å²) >= 11 is 0. The van der Waals surface area contributed by atoms with Gasteiger partial charge in [-0.1, -0.05) is 30.3 Å². The van der Waals surface area contributed by atoms with Crippen molar-refractivity contribution in [2.75, 3.05) is 6.61 Å². The molecule has 0 saturated heterocycles. The molecule has 1 aromatic heterocycles. The zero-order chi connectivity index (χ0) is 11.4. The Morgan fingerprint density at radius 1 is 1.12 bits per heavy atom. The quantitative estimate of drug-likeness (QED) is 0.775. The van der Waals surface area contributed by atoms with Crippen LogP contribution in [0.5, 0.6) is 0 Å². The highest BCUT2D eigenvalue weighted by atomic mass is 16.3. The van der Waals surface area contributed by atoms with E-state index in [0.29, 0.717) is 0 Å². The fraction of sp³-hybridized carbons (Fsp3) is 0.214. The average molecular weight is 214 g/mol. The second kappa shape index (κ2) is 4.90. The lowest BCUT2D eigenvalue weighted by molar-refractivity contribution is -0.715. The maximum atomic E-state index is 9.50. The first-order valence-corrected chi connectivity index (χ1v) is 5.44. The third-order valence-electron chi connectivity index (χ3n) is 2.69. The number of pyridine rings is 1. The number of aliphatic hydroxyl groups is 1. The van der Waals surface area contributed by atoms with Crippen molar-refractivity contribution < 1.29 is 9.67 Å². The minimum atomic E-state index is 0.00102. The summed E-state index contributed by atoms with van der Waals surface area (Å²) in [5, 5.41) is 9.50. The first-order chi connectivity index (χ1) is 7.81. The molecule has 0 amide bonds. The van der Waals surface area contributed by atoms with E-state index in [-0.39, 0.29) is 12.6 Å². The number of nitrogens with zero attached hydrogens (tertiary/aromatic N) is 1. The van der Waals surface area contributed by atoms with Gasteiger partial charge in [-0.3, -0.25) is 0 Å². The smallest absolute Gasteiger partial charge is 0.206 e. The van der Waals surface area contributed by atoms with E-state index in [1.54, 1.807) is 0 Å². The summed E-state index contributed by atoms with van der Waals surface area (Å²) in [6.07, 6.45) is 4.04. The third-order valence-corrected chi connectivity index (χ3v) is 2.69. The van der Waals surface area contributed by atoms with Crippen molar-refractivity contribution in [2.45, 2.75) is 13.0 Å². The van der Waals surface area contributed by atoms with Gasteiger partial charge in [-0.2, -0.15) is 4.57 Å². The number of hydrogen-bond donors (Lipinski definition) is 1. The summed E-state index contributed by atoms with van der Waals surface area (Å²) in [6, 6.07) is 14.1. The maximum absolute atomic E-state index is 9.50. The molecule has 16 heavy (non-hydrogen) atoms. The second-order valence-corrected chi connectivity index (χ2v) is 3.94. The molecule has 0 fully saturated rings. The third kappa shape index (κ3) is 2.28. The number of hydrogen-bond acceptors (Lipinski definition) is 1. The highest BCUT2D eigenvalue weighted by Gasteiger charge is 2.19. The second-order valence-electron chi connectivity index (χ2n) is 3.94. The summed E-state index contributed by atoms with van der Waals surface area (Å²) in [6.45, 7) is 2.16. The van der Waals surface area contributed by atoms with Gasteiger partial charge in [-0.25, -0.2) is 0 Å². The van der Waals surface area contributed by atoms with Crippen LogP contribution in [0.25, 0.3) is 0 Å². The molecule has 0 aliphatic heterocycles. The summed E-state index contributed by atoms with van der Waals surface area (Å²) in [5.41, 5.74) is 2.32. The van der Waals surface area contributed by atoms with E-state index in [4.69, 9.17) is 0 Å². The summed E-state index contributed by atoms with van der Waals surface area (Å²) in [7, 11) is 0. The van der Waals surface area contributed by atoms with Gasteiger partial charge >= 0.3 is 0 Å². The predicted octanol–water partition coefficient (Wildman–Crippen LogP) is 1.86. The van der Waals surface area contributed by atoms with Gasteiger partial charge in [0.15, 0.2) is 12.4 Å². The Morgan fingerprint density at radius 3 is 2.50 bits per heavy atom. The highest BCUT2D eigenvalue weighted by molar-refractivity contribution is 5.17. The van der Waals surface area contributed by atoms with Crippen LogP contribution in [0.4, 0.5) is 0 Å². The molecule has 1 N–H and O–H groups in total. The molecular formula is C14H16NO+. The van der Waals surface area contributed by atoms with Gasteiger partial charge in [0.25, 0.3) is 0 Å². The van der Waals surface area contributed by atoms with Crippen LogP contribution in [0.2, 0.25) is 0 Å². The van der Waals surface area contributed by atoms with Crippen molar-refractivity contribution in [3.8, 4) is 0 Å². The van der Waals surface area contributed by atoms with Crippen LogP contribution in [0.15, 0.2) is 54.9 Å². The van der Waals surface area contributed by atoms with E-state index in [9.17, 15) is 5.11 Å². The lowest BCUT2D eigenvalue weighted by Crippen LogP contribution is -2.41. The molecular weight excluding hydrogens is 198 g/mol. The fourth-order valence-corrected chi connectivity index (χ4v) is 1.86. The number of aliphatic hydroxyl groups excluding tert-OH is 1. The summed E-state index contributed by atoms with van der Waals surface area (Å²) in [4.78, 5) is 0. The molecule has 0 saturated carbocycles. The van der Waals surface area contributed by atoms with E-state index in [1.807, 2.05) is 53.4 Å². The lowest BCUT2D eigenvalue weighted by atomic mass is 10.1. The molecule has 82 valence electrons. The molecule has 0 radical (unpaired) electrons. The Bertz CT molecular complexity index is 453. The fourth-order valence-electron chi connectivity index (χ4n) is 1.86. The Morgan fingerprint density at radius 2 is 1.88 bits per heavy atom. The van der Waals surface area contributed by atoms with Crippen LogP contribution in [0, 0.1) is 6.92 Å². The van der Waals surface area contributed by atoms with Crippen LogP contribution in [0.3, 0.4) is 0 Å². The van der Waals surface area contributed by atoms with Gasteiger partial charge in [0.05, 0.1) is 0 Å². The van der Waals surface area contributed by atoms with Crippen molar-refractivity contribution in [1.82, 2.24) is 0 Å². The number of benzene rings is 1. The number of aromatic nitrogens is 1. The molecule has 2 heteroatoms. The van der Waals surface area contributed by atoms with Crippen molar-refractivity contribution >= 4 is 0 Å². The molecule has 1 heterocycles. The van der Waals surface area contributed by atoms with Gasteiger partial charge < -0.3 is 5.11 Å². The molecule has 0 aliphatic rings. The lowest BCUT2D eigenvalue weighted by Gasteiger charge is -2.10.